The van der Waals surface area contributed by atoms with E-state index in [1.165, 1.54) is 0 Å². The summed E-state index contributed by atoms with van der Waals surface area (Å²) < 4.78 is 4.99. The smallest absolute Gasteiger partial charge is 0.223 e. The molecule has 2 aromatic rings. The quantitative estimate of drug-likeness (QED) is 0.820. The molecular weight excluding hydrogens is 226 g/mol. The van der Waals surface area contributed by atoms with E-state index in [2.05, 4.69) is 15.3 Å². The molecular formula is C14H17N3O. The third-order valence-corrected chi connectivity index (χ3v) is 2.51. The molecule has 0 unspecified atom stereocenters. The average Bonchev–Trinajstić information content (AvgIpc) is 2.39. The topological polar surface area (TPSA) is 47.0 Å². The van der Waals surface area contributed by atoms with Crippen LogP contribution in [0, 0.1) is 6.92 Å². The van der Waals surface area contributed by atoms with Gasteiger partial charge in [0.05, 0.1) is 12.3 Å². The number of aryl methyl sites for hydroxylation is 1. The Hall–Kier alpha value is -1.94. The van der Waals surface area contributed by atoms with Gasteiger partial charge in [-0.25, -0.2) is 9.97 Å². The molecule has 1 heterocycles. The molecule has 0 saturated heterocycles. The van der Waals surface area contributed by atoms with Crippen LogP contribution in [-0.2, 0) is 4.74 Å². The van der Waals surface area contributed by atoms with Crippen LogP contribution in [-0.4, -0.2) is 30.2 Å². The first-order valence-electron chi connectivity index (χ1n) is 5.93. The molecule has 0 aliphatic carbocycles. The van der Waals surface area contributed by atoms with Crippen molar-refractivity contribution in [3.63, 3.8) is 0 Å². The van der Waals surface area contributed by atoms with Crippen LogP contribution in [0.15, 0.2) is 36.4 Å². The SMILES string of the molecule is COCCNc1nc(C)cc(-c2ccccc2)n1. The molecule has 94 valence electrons. The first kappa shape index (κ1) is 12.5. The number of methoxy groups -OCH3 is 1. The van der Waals surface area contributed by atoms with Gasteiger partial charge in [0.1, 0.15) is 0 Å². The molecule has 0 amide bonds. The van der Waals surface area contributed by atoms with Crippen molar-refractivity contribution in [2.45, 2.75) is 6.92 Å². The highest BCUT2D eigenvalue weighted by atomic mass is 16.5. The highest BCUT2D eigenvalue weighted by Gasteiger charge is 2.03. The van der Waals surface area contributed by atoms with Gasteiger partial charge >= 0.3 is 0 Å². The Morgan fingerprint density at radius 1 is 1.17 bits per heavy atom. The van der Waals surface area contributed by atoms with Gasteiger partial charge in [0.25, 0.3) is 0 Å². The molecule has 4 heteroatoms. The molecule has 0 fully saturated rings. The van der Waals surface area contributed by atoms with Crippen LogP contribution in [0.3, 0.4) is 0 Å². The second-order valence-electron chi connectivity index (χ2n) is 4.00. The largest absolute Gasteiger partial charge is 0.383 e. The van der Waals surface area contributed by atoms with Crippen molar-refractivity contribution in [3.05, 3.63) is 42.1 Å². The van der Waals surface area contributed by atoms with Gasteiger partial charge in [-0.2, -0.15) is 0 Å². The number of benzene rings is 1. The monoisotopic (exact) mass is 243 g/mol. The van der Waals surface area contributed by atoms with Crippen LogP contribution in [0.4, 0.5) is 5.95 Å². The van der Waals surface area contributed by atoms with Crippen molar-refractivity contribution >= 4 is 5.95 Å². The summed E-state index contributed by atoms with van der Waals surface area (Å²) in [6.45, 7) is 3.31. The molecule has 0 radical (unpaired) electrons. The van der Waals surface area contributed by atoms with Crippen LogP contribution in [0.5, 0.6) is 0 Å². The highest BCUT2D eigenvalue weighted by molar-refractivity contribution is 5.60. The van der Waals surface area contributed by atoms with Gasteiger partial charge in [0.2, 0.25) is 5.95 Å². The van der Waals surface area contributed by atoms with Crippen molar-refractivity contribution in [1.82, 2.24) is 9.97 Å². The van der Waals surface area contributed by atoms with E-state index in [1.807, 2.05) is 43.3 Å². The molecule has 0 bridgehead atoms. The third kappa shape index (κ3) is 3.28. The van der Waals surface area contributed by atoms with E-state index in [-0.39, 0.29) is 0 Å². The summed E-state index contributed by atoms with van der Waals surface area (Å²) in [4.78, 5) is 8.85. The van der Waals surface area contributed by atoms with Crippen LogP contribution < -0.4 is 5.32 Å². The molecule has 2 rings (SSSR count). The number of rotatable bonds is 5. The molecule has 1 aromatic heterocycles. The lowest BCUT2D eigenvalue weighted by Crippen LogP contribution is -2.11. The number of nitrogens with one attached hydrogen (secondary N) is 1. The van der Waals surface area contributed by atoms with Crippen molar-refractivity contribution in [2.24, 2.45) is 0 Å². The van der Waals surface area contributed by atoms with E-state index in [0.29, 0.717) is 19.1 Å². The van der Waals surface area contributed by atoms with Crippen molar-refractivity contribution in [2.75, 3.05) is 25.6 Å². The maximum Gasteiger partial charge on any atom is 0.223 e. The molecule has 0 saturated carbocycles. The Balaban J connectivity index is 2.21. The van der Waals surface area contributed by atoms with E-state index in [1.54, 1.807) is 7.11 Å². The molecule has 1 N–H and O–H groups in total. The zero-order chi connectivity index (χ0) is 12.8. The minimum Gasteiger partial charge on any atom is -0.383 e. The lowest BCUT2D eigenvalue weighted by molar-refractivity contribution is 0.210. The van der Waals surface area contributed by atoms with Gasteiger partial charge in [-0.1, -0.05) is 30.3 Å². The summed E-state index contributed by atoms with van der Waals surface area (Å²) in [5.74, 6) is 0.644. The molecule has 0 spiro atoms. The molecule has 18 heavy (non-hydrogen) atoms. The standard InChI is InChI=1S/C14H17N3O/c1-11-10-13(12-6-4-3-5-7-12)17-14(16-11)15-8-9-18-2/h3-7,10H,8-9H2,1-2H3,(H,15,16,17). The fourth-order valence-corrected chi connectivity index (χ4v) is 1.67. The second-order valence-corrected chi connectivity index (χ2v) is 4.00. The number of aromatic nitrogens is 2. The maximum atomic E-state index is 4.99. The number of ether oxygens (including phenoxy) is 1. The minimum absolute atomic E-state index is 0.637. The predicted molar refractivity (Wildman–Crippen MR) is 72.6 cm³/mol. The van der Waals surface area contributed by atoms with E-state index >= 15 is 0 Å². The fraction of sp³-hybridized carbons (Fsp3) is 0.286. The summed E-state index contributed by atoms with van der Waals surface area (Å²) in [5.41, 5.74) is 2.98. The van der Waals surface area contributed by atoms with Gasteiger partial charge in [0.15, 0.2) is 0 Å². The van der Waals surface area contributed by atoms with Crippen LogP contribution in [0.25, 0.3) is 11.3 Å². The van der Waals surface area contributed by atoms with Crippen LogP contribution in [0.2, 0.25) is 0 Å². The number of anilines is 1. The van der Waals surface area contributed by atoms with Crippen molar-refractivity contribution in [3.8, 4) is 11.3 Å². The first-order chi connectivity index (χ1) is 8.79. The van der Waals surface area contributed by atoms with E-state index < -0.39 is 0 Å². The Bertz CT molecular complexity index is 500. The minimum atomic E-state index is 0.637. The van der Waals surface area contributed by atoms with Gasteiger partial charge in [0, 0.05) is 24.9 Å². The highest BCUT2D eigenvalue weighted by Crippen LogP contribution is 2.18. The summed E-state index contributed by atoms with van der Waals surface area (Å²) in [6.07, 6.45) is 0. The summed E-state index contributed by atoms with van der Waals surface area (Å²) >= 11 is 0. The summed E-state index contributed by atoms with van der Waals surface area (Å²) in [6, 6.07) is 12.1. The molecule has 0 aliphatic rings. The Morgan fingerprint density at radius 3 is 2.67 bits per heavy atom. The number of hydrogen-bond donors (Lipinski definition) is 1. The molecule has 0 atom stereocenters. The average molecular weight is 243 g/mol. The summed E-state index contributed by atoms with van der Waals surface area (Å²) in [7, 11) is 1.67. The third-order valence-electron chi connectivity index (χ3n) is 2.51. The fourth-order valence-electron chi connectivity index (χ4n) is 1.67. The Kier molecular flexibility index (Phi) is 4.25. The molecule has 1 aromatic carbocycles. The van der Waals surface area contributed by atoms with Crippen molar-refractivity contribution in [1.29, 1.82) is 0 Å². The van der Waals surface area contributed by atoms with Crippen LogP contribution >= 0.6 is 0 Å². The Morgan fingerprint density at radius 2 is 1.94 bits per heavy atom. The number of hydrogen-bond acceptors (Lipinski definition) is 4. The lowest BCUT2D eigenvalue weighted by Gasteiger charge is -2.07. The van der Waals surface area contributed by atoms with E-state index in [4.69, 9.17) is 4.74 Å². The van der Waals surface area contributed by atoms with Gasteiger partial charge < -0.3 is 10.1 Å². The zero-order valence-electron chi connectivity index (χ0n) is 10.7. The van der Waals surface area contributed by atoms with E-state index in [0.717, 1.165) is 17.0 Å². The van der Waals surface area contributed by atoms with E-state index in [9.17, 15) is 0 Å². The Labute approximate surface area is 107 Å². The first-order valence-corrected chi connectivity index (χ1v) is 5.93. The lowest BCUT2D eigenvalue weighted by atomic mass is 10.1. The second kappa shape index (κ2) is 6.12. The normalized spacial score (nSPS) is 10.3. The summed E-state index contributed by atoms with van der Waals surface area (Å²) in [5, 5.41) is 3.15. The predicted octanol–water partition coefficient (Wildman–Crippen LogP) is 2.51. The van der Waals surface area contributed by atoms with Gasteiger partial charge in [-0.3, -0.25) is 0 Å². The molecule has 0 aliphatic heterocycles. The van der Waals surface area contributed by atoms with Crippen molar-refractivity contribution < 1.29 is 4.74 Å². The van der Waals surface area contributed by atoms with Crippen LogP contribution in [0.1, 0.15) is 5.69 Å². The maximum absolute atomic E-state index is 4.99. The van der Waals surface area contributed by atoms with Gasteiger partial charge in [-0.15, -0.1) is 0 Å². The van der Waals surface area contributed by atoms with Gasteiger partial charge in [-0.05, 0) is 13.0 Å². The zero-order valence-corrected chi connectivity index (χ0v) is 10.7. The number of nitrogens with zero attached hydrogens (tertiary/aromatic N) is 2. The molecule has 4 nitrogen and oxygen atoms in total.